The quantitative estimate of drug-likeness (QED) is 0.758. The number of hydrogen-bond donors (Lipinski definition) is 2. The zero-order chi connectivity index (χ0) is 17.4. The summed E-state index contributed by atoms with van der Waals surface area (Å²) < 4.78 is 27.1. The minimum atomic E-state index is -3.40. The predicted molar refractivity (Wildman–Crippen MR) is 99.9 cm³/mol. The second kappa shape index (κ2) is 6.26. The Morgan fingerprint density at radius 3 is 2.60 bits per heavy atom. The smallest absolute Gasteiger partial charge is 0.240 e. The fraction of sp³-hybridized carbons (Fsp3) is 0.200. The molecule has 4 nitrogen and oxygen atoms in total. The highest BCUT2D eigenvalue weighted by Crippen LogP contribution is 2.30. The van der Waals surface area contributed by atoms with E-state index in [0.29, 0.717) is 11.4 Å². The molecular weight excluding hydrogens is 332 g/mol. The molecule has 0 saturated heterocycles. The zero-order valence-corrected chi connectivity index (χ0v) is 14.8. The summed E-state index contributed by atoms with van der Waals surface area (Å²) in [5, 5.41) is 6.02. The molecule has 4 rings (SSSR count). The second-order valence-electron chi connectivity index (χ2n) is 6.40. The van der Waals surface area contributed by atoms with Gasteiger partial charge in [-0.3, -0.25) is 0 Å². The average molecular weight is 352 g/mol. The van der Waals surface area contributed by atoms with Gasteiger partial charge in [0.1, 0.15) is 0 Å². The Morgan fingerprint density at radius 2 is 1.72 bits per heavy atom. The van der Waals surface area contributed by atoms with E-state index in [0.717, 1.165) is 5.56 Å². The van der Waals surface area contributed by atoms with Crippen LogP contribution >= 0.6 is 0 Å². The maximum absolute atomic E-state index is 12.2. The molecule has 0 saturated carbocycles. The van der Waals surface area contributed by atoms with Gasteiger partial charge in [-0.25, -0.2) is 13.1 Å². The van der Waals surface area contributed by atoms with E-state index in [-0.39, 0.29) is 12.1 Å². The normalized spacial score (nSPS) is 20.1. The molecule has 25 heavy (non-hydrogen) atoms. The lowest BCUT2D eigenvalue weighted by atomic mass is 9.98. The van der Waals surface area contributed by atoms with Gasteiger partial charge < -0.3 is 5.32 Å². The van der Waals surface area contributed by atoms with Gasteiger partial charge in [0.15, 0.2) is 0 Å². The average Bonchev–Trinajstić information content (AvgIpc) is 2.64. The fourth-order valence-electron chi connectivity index (χ4n) is 3.56. The molecule has 0 aliphatic carbocycles. The van der Waals surface area contributed by atoms with Crippen LogP contribution in [0.25, 0.3) is 10.8 Å². The molecule has 0 aromatic heterocycles. The summed E-state index contributed by atoms with van der Waals surface area (Å²) in [6, 6.07) is 21.8. The van der Waals surface area contributed by atoms with Crippen molar-refractivity contribution in [3.05, 3.63) is 77.9 Å². The Kier molecular flexibility index (Phi) is 4.07. The lowest BCUT2D eigenvalue weighted by Gasteiger charge is -2.30. The van der Waals surface area contributed by atoms with E-state index in [2.05, 4.69) is 47.3 Å². The number of hydrogen-bond acceptors (Lipinski definition) is 3. The largest absolute Gasteiger partial charge is 0.302 e. The topological polar surface area (TPSA) is 58.2 Å². The summed E-state index contributed by atoms with van der Waals surface area (Å²) >= 11 is 0. The maximum atomic E-state index is 12.2. The first kappa shape index (κ1) is 16.3. The van der Waals surface area contributed by atoms with Crippen LogP contribution in [0.2, 0.25) is 0 Å². The van der Waals surface area contributed by atoms with Crippen molar-refractivity contribution in [3.8, 4) is 0 Å². The van der Waals surface area contributed by atoms with E-state index in [4.69, 9.17) is 0 Å². The minimum absolute atomic E-state index is 0.0614. The van der Waals surface area contributed by atoms with Crippen LogP contribution < -0.4 is 10.0 Å². The van der Waals surface area contributed by atoms with Crippen molar-refractivity contribution in [1.29, 1.82) is 0 Å². The van der Waals surface area contributed by atoms with Crippen molar-refractivity contribution < 1.29 is 8.42 Å². The molecule has 0 amide bonds. The summed E-state index contributed by atoms with van der Waals surface area (Å²) in [6.45, 7) is 2.47. The van der Waals surface area contributed by atoms with Crippen LogP contribution in [0.15, 0.2) is 71.6 Å². The number of sulfonamides is 1. The third-order valence-electron chi connectivity index (χ3n) is 4.80. The molecule has 2 N–H and O–H groups in total. The second-order valence-corrected chi connectivity index (χ2v) is 8.13. The maximum Gasteiger partial charge on any atom is 0.240 e. The SMILES string of the molecule is C[C@@H](N[C@@H]1CNS(=O)(=O)c2ccccc21)c1cccc2ccccc12. The first-order valence-electron chi connectivity index (χ1n) is 8.38. The Morgan fingerprint density at radius 1 is 1.00 bits per heavy atom. The van der Waals surface area contributed by atoms with Crippen LogP contribution in [0, 0.1) is 0 Å². The van der Waals surface area contributed by atoms with E-state index in [1.54, 1.807) is 12.1 Å². The van der Waals surface area contributed by atoms with Crippen LogP contribution in [0.1, 0.15) is 30.1 Å². The molecular formula is C20H20N2O2S. The van der Waals surface area contributed by atoms with Gasteiger partial charge in [0.05, 0.1) is 4.90 Å². The first-order valence-corrected chi connectivity index (χ1v) is 9.87. The molecule has 3 aromatic carbocycles. The molecule has 1 heterocycles. The molecule has 0 bridgehead atoms. The summed E-state index contributed by atoms with van der Waals surface area (Å²) in [7, 11) is -3.40. The highest BCUT2D eigenvalue weighted by Gasteiger charge is 2.30. The van der Waals surface area contributed by atoms with Gasteiger partial charge in [0.25, 0.3) is 0 Å². The van der Waals surface area contributed by atoms with Crippen LogP contribution in [0.5, 0.6) is 0 Å². The Bertz CT molecular complexity index is 1030. The number of benzene rings is 3. The van der Waals surface area contributed by atoms with Gasteiger partial charge in [-0.15, -0.1) is 0 Å². The lowest BCUT2D eigenvalue weighted by Crippen LogP contribution is -2.41. The van der Waals surface area contributed by atoms with E-state index in [1.807, 2.05) is 24.3 Å². The molecule has 1 aliphatic heterocycles. The number of fused-ring (bicyclic) bond motifs is 2. The van der Waals surface area contributed by atoms with Crippen LogP contribution in [0.4, 0.5) is 0 Å². The van der Waals surface area contributed by atoms with Crippen LogP contribution in [-0.2, 0) is 10.0 Å². The molecule has 5 heteroatoms. The van der Waals surface area contributed by atoms with Gasteiger partial charge in [0.2, 0.25) is 10.0 Å². The fourth-order valence-corrected chi connectivity index (χ4v) is 4.88. The van der Waals surface area contributed by atoms with E-state index < -0.39 is 10.0 Å². The number of rotatable bonds is 3. The Labute approximate surface area is 147 Å². The van der Waals surface area contributed by atoms with Crippen molar-refractivity contribution in [2.75, 3.05) is 6.54 Å². The van der Waals surface area contributed by atoms with Crippen LogP contribution in [0.3, 0.4) is 0 Å². The van der Waals surface area contributed by atoms with Gasteiger partial charge >= 0.3 is 0 Å². The van der Waals surface area contributed by atoms with E-state index in [1.165, 1.54) is 16.3 Å². The standard InChI is InChI=1S/C20H20N2O2S/c1-14(16-11-6-8-15-7-2-3-9-17(15)16)22-19-13-21-25(23,24)20-12-5-4-10-18(19)20/h2-12,14,19,21-22H,13H2,1H3/t14-,19-/m1/s1. The lowest BCUT2D eigenvalue weighted by molar-refractivity contribution is 0.444. The van der Waals surface area contributed by atoms with Gasteiger partial charge in [-0.1, -0.05) is 60.7 Å². The summed E-state index contributed by atoms with van der Waals surface area (Å²) in [5.74, 6) is 0. The third-order valence-corrected chi connectivity index (χ3v) is 6.30. The van der Waals surface area contributed by atoms with Crippen molar-refractivity contribution in [1.82, 2.24) is 10.0 Å². The molecule has 0 radical (unpaired) electrons. The molecule has 0 spiro atoms. The Balaban J connectivity index is 1.68. The predicted octanol–water partition coefficient (Wildman–Crippen LogP) is 3.52. The molecule has 1 aliphatic rings. The monoisotopic (exact) mass is 352 g/mol. The highest BCUT2D eigenvalue weighted by molar-refractivity contribution is 7.89. The van der Waals surface area contributed by atoms with Crippen molar-refractivity contribution >= 4 is 20.8 Å². The van der Waals surface area contributed by atoms with Crippen LogP contribution in [-0.4, -0.2) is 15.0 Å². The summed E-state index contributed by atoms with van der Waals surface area (Å²) in [6.07, 6.45) is 0. The minimum Gasteiger partial charge on any atom is -0.302 e. The van der Waals surface area contributed by atoms with Gasteiger partial charge in [-0.2, -0.15) is 0 Å². The Hall–Kier alpha value is -2.21. The van der Waals surface area contributed by atoms with Gasteiger partial charge in [0, 0.05) is 18.6 Å². The van der Waals surface area contributed by atoms with Gasteiger partial charge in [-0.05, 0) is 34.9 Å². The molecule has 3 aromatic rings. The summed E-state index contributed by atoms with van der Waals surface area (Å²) in [4.78, 5) is 0.365. The third kappa shape index (κ3) is 2.95. The molecule has 0 unspecified atom stereocenters. The van der Waals surface area contributed by atoms with Crippen molar-refractivity contribution in [3.63, 3.8) is 0 Å². The first-order chi connectivity index (χ1) is 12.1. The molecule has 128 valence electrons. The zero-order valence-electron chi connectivity index (χ0n) is 13.9. The summed E-state index contributed by atoms with van der Waals surface area (Å²) in [5.41, 5.74) is 2.04. The molecule has 2 atom stereocenters. The highest BCUT2D eigenvalue weighted by atomic mass is 32.2. The van der Waals surface area contributed by atoms with E-state index in [9.17, 15) is 8.42 Å². The van der Waals surface area contributed by atoms with Crippen molar-refractivity contribution in [2.24, 2.45) is 0 Å². The molecule has 0 fully saturated rings. The van der Waals surface area contributed by atoms with E-state index >= 15 is 0 Å². The van der Waals surface area contributed by atoms with Crippen molar-refractivity contribution in [2.45, 2.75) is 23.9 Å². The number of nitrogens with one attached hydrogen (secondary N) is 2.